The summed E-state index contributed by atoms with van der Waals surface area (Å²) in [5, 5.41) is 2.20. The summed E-state index contributed by atoms with van der Waals surface area (Å²) in [6, 6.07) is 1.73. The van der Waals surface area contributed by atoms with Gasteiger partial charge in [0.15, 0.2) is 0 Å². The molecule has 0 bridgehead atoms. The van der Waals surface area contributed by atoms with Crippen molar-refractivity contribution in [3.8, 4) is 0 Å². The Kier molecular flexibility index (Phi) is 1.73. The fourth-order valence-electron chi connectivity index (χ4n) is 1.18. The lowest BCUT2D eigenvalue weighted by atomic mass is 10.1. The highest BCUT2D eigenvalue weighted by Gasteiger charge is 2.23. The second-order valence-corrected chi connectivity index (χ2v) is 2.78. The van der Waals surface area contributed by atoms with Gasteiger partial charge >= 0.3 is 0 Å². The lowest BCUT2D eigenvalue weighted by molar-refractivity contribution is -0.124. The van der Waals surface area contributed by atoms with Gasteiger partial charge in [0.05, 0.1) is 18.9 Å². The van der Waals surface area contributed by atoms with Crippen LogP contribution in [-0.2, 0) is 9.59 Å². The molecule has 0 unspecified atom stereocenters. The van der Waals surface area contributed by atoms with Crippen molar-refractivity contribution in [2.24, 2.45) is 0 Å². The molecule has 66 valence electrons. The number of carbonyl (C=O) groups excluding carboxylic acids is 2. The van der Waals surface area contributed by atoms with Gasteiger partial charge in [-0.1, -0.05) is 0 Å². The van der Waals surface area contributed by atoms with Crippen molar-refractivity contribution < 1.29 is 14.0 Å². The van der Waals surface area contributed by atoms with Crippen molar-refractivity contribution in [2.75, 3.05) is 0 Å². The van der Waals surface area contributed by atoms with E-state index in [0.29, 0.717) is 5.57 Å². The SMILES string of the molecule is O=C1CC(=Cc2ccoc2)C(=O)N1. The van der Waals surface area contributed by atoms with Crippen molar-refractivity contribution in [3.63, 3.8) is 0 Å². The number of hydrogen-bond acceptors (Lipinski definition) is 3. The molecule has 1 saturated heterocycles. The van der Waals surface area contributed by atoms with Gasteiger partial charge in [-0.3, -0.25) is 14.9 Å². The van der Waals surface area contributed by atoms with Crippen LogP contribution in [-0.4, -0.2) is 11.8 Å². The summed E-state index contributed by atoms with van der Waals surface area (Å²) in [5.74, 6) is -0.564. The third-order valence-electron chi connectivity index (χ3n) is 1.78. The Bertz CT molecular complexity index is 376. The zero-order valence-corrected chi connectivity index (χ0v) is 6.74. The first-order valence-electron chi connectivity index (χ1n) is 3.82. The molecule has 13 heavy (non-hydrogen) atoms. The highest BCUT2D eigenvalue weighted by molar-refractivity contribution is 6.15. The third-order valence-corrected chi connectivity index (χ3v) is 1.78. The van der Waals surface area contributed by atoms with E-state index in [1.54, 1.807) is 12.1 Å². The summed E-state index contributed by atoms with van der Waals surface area (Å²) in [5.41, 5.74) is 1.27. The van der Waals surface area contributed by atoms with Gasteiger partial charge in [-0.15, -0.1) is 0 Å². The standard InChI is InChI=1S/C9H7NO3/c11-8-4-7(9(12)10-8)3-6-1-2-13-5-6/h1-3,5H,4H2,(H,10,11,12). The molecule has 0 spiro atoms. The van der Waals surface area contributed by atoms with Gasteiger partial charge in [0, 0.05) is 11.1 Å². The van der Waals surface area contributed by atoms with Crippen LogP contribution in [0.3, 0.4) is 0 Å². The number of furan rings is 1. The first kappa shape index (κ1) is 7.79. The first-order chi connectivity index (χ1) is 6.25. The Morgan fingerprint density at radius 2 is 2.31 bits per heavy atom. The molecular weight excluding hydrogens is 170 g/mol. The van der Waals surface area contributed by atoms with Gasteiger partial charge in [-0.2, -0.15) is 0 Å². The Morgan fingerprint density at radius 1 is 1.46 bits per heavy atom. The molecule has 2 amide bonds. The maximum atomic E-state index is 11.1. The van der Waals surface area contributed by atoms with Crippen LogP contribution in [0.25, 0.3) is 6.08 Å². The number of nitrogens with one attached hydrogen (secondary N) is 1. The van der Waals surface area contributed by atoms with Crippen LogP contribution in [0.15, 0.2) is 28.6 Å². The van der Waals surface area contributed by atoms with Gasteiger partial charge in [-0.25, -0.2) is 0 Å². The van der Waals surface area contributed by atoms with Crippen LogP contribution < -0.4 is 5.32 Å². The van der Waals surface area contributed by atoms with Crippen molar-refractivity contribution >= 4 is 17.9 Å². The van der Waals surface area contributed by atoms with Crippen molar-refractivity contribution in [3.05, 3.63) is 29.7 Å². The van der Waals surface area contributed by atoms with Crippen LogP contribution in [0.2, 0.25) is 0 Å². The molecular formula is C9H7NO3. The van der Waals surface area contributed by atoms with E-state index in [9.17, 15) is 9.59 Å². The zero-order chi connectivity index (χ0) is 9.26. The summed E-state index contributed by atoms with van der Waals surface area (Å²) < 4.78 is 4.83. The van der Waals surface area contributed by atoms with E-state index >= 15 is 0 Å². The van der Waals surface area contributed by atoms with Crippen molar-refractivity contribution in [2.45, 2.75) is 6.42 Å². The van der Waals surface area contributed by atoms with Crippen LogP contribution in [0.4, 0.5) is 0 Å². The lowest BCUT2D eigenvalue weighted by Gasteiger charge is -1.88. The predicted molar refractivity (Wildman–Crippen MR) is 44.5 cm³/mol. The molecule has 0 aromatic carbocycles. The molecule has 0 radical (unpaired) electrons. The Labute approximate surface area is 74.2 Å². The lowest BCUT2D eigenvalue weighted by Crippen LogP contribution is -2.19. The molecule has 2 rings (SSSR count). The van der Waals surface area contributed by atoms with Gasteiger partial charge in [0.25, 0.3) is 5.91 Å². The van der Waals surface area contributed by atoms with E-state index < -0.39 is 0 Å². The number of carbonyl (C=O) groups is 2. The summed E-state index contributed by atoms with van der Waals surface area (Å²) in [6.07, 6.45) is 4.83. The zero-order valence-electron chi connectivity index (χ0n) is 6.74. The average Bonchev–Trinajstić information content (AvgIpc) is 2.63. The maximum Gasteiger partial charge on any atom is 0.254 e. The van der Waals surface area contributed by atoms with E-state index in [1.165, 1.54) is 12.5 Å². The molecule has 0 aliphatic carbocycles. The normalized spacial score (nSPS) is 19.5. The molecule has 1 aromatic rings. The monoisotopic (exact) mass is 177 g/mol. The smallest absolute Gasteiger partial charge is 0.254 e. The Hall–Kier alpha value is -1.84. The molecule has 1 fully saturated rings. The first-order valence-corrected chi connectivity index (χ1v) is 3.82. The van der Waals surface area contributed by atoms with E-state index in [0.717, 1.165) is 5.56 Å². The maximum absolute atomic E-state index is 11.1. The van der Waals surface area contributed by atoms with Gasteiger partial charge in [-0.05, 0) is 12.1 Å². The topological polar surface area (TPSA) is 59.3 Å². The van der Waals surface area contributed by atoms with E-state index in [2.05, 4.69) is 5.32 Å². The molecule has 0 saturated carbocycles. The summed E-state index contributed by atoms with van der Waals surface area (Å²) in [7, 11) is 0. The average molecular weight is 177 g/mol. The van der Waals surface area contributed by atoms with Gasteiger partial charge in [0.2, 0.25) is 5.91 Å². The largest absolute Gasteiger partial charge is 0.472 e. The number of imide groups is 1. The van der Waals surface area contributed by atoms with E-state index in [-0.39, 0.29) is 18.2 Å². The Morgan fingerprint density at radius 3 is 2.85 bits per heavy atom. The molecule has 1 aliphatic rings. The highest BCUT2D eigenvalue weighted by Crippen LogP contribution is 2.14. The Balaban J connectivity index is 2.27. The highest BCUT2D eigenvalue weighted by atomic mass is 16.3. The fraction of sp³-hybridized carbons (Fsp3) is 0.111. The molecule has 1 aromatic heterocycles. The third kappa shape index (κ3) is 1.51. The number of rotatable bonds is 1. The molecule has 1 N–H and O–H groups in total. The van der Waals surface area contributed by atoms with Crippen molar-refractivity contribution in [1.82, 2.24) is 5.32 Å². The summed E-state index contributed by atoms with van der Waals surface area (Å²) >= 11 is 0. The van der Waals surface area contributed by atoms with Crippen LogP contribution in [0, 0.1) is 0 Å². The van der Waals surface area contributed by atoms with E-state index in [1.807, 2.05) is 0 Å². The van der Waals surface area contributed by atoms with Crippen LogP contribution in [0.1, 0.15) is 12.0 Å². The minimum atomic E-state index is -0.314. The number of hydrogen-bond donors (Lipinski definition) is 1. The predicted octanol–water partition coefficient (Wildman–Crippen LogP) is 0.710. The van der Waals surface area contributed by atoms with Crippen LogP contribution >= 0.6 is 0 Å². The summed E-state index contributed by atoms with van der Waals surface area (Å²) in [6.45, 7) is 0. The van der Waals surface area contributed by atoms with Gasteiger partial charge < -0.3 is 4.42 Å². The second kappa shape index (κ2) is 2.90. The quantitative estimate of drug-likeness (QED) is 0.507. The second-order valence-electron chi connectivity index (χ2n) is 2.78. The molecule has 4 nitrogen and oxygen atoms in total. The summed E-state index contributed by atoms with van der Waals surface area (Å²) in [4.78, 5) is 21.9. The minimum Gasteiger partial charge on any atom is -0.472 e. The van der Waals surface area contributed by atoms with Gasteiger partial charge in [0.1, 0.15) is 0 Å². The molecule has 4 heteroatoms. The number of amides is 2. The molecule has 2 heterocycles. The van der Waals surface area contributed by atoms with E-state index in [4.69, 9.17) is 4.42 Å². The molecule has 1 aliphatic heterocycles. The fourth-order valence-corrected chi connectivity index (χ4v) is 1.18. The van der Waals surface area contributed by atoms with Crippen LogP contribution in [0.5, 0.6) is 0 Å². The minimum absolute atomic E-state index is 0.157. The molecule has 0 atom stereocenters. The van der Waals surface area contributed by atoms with Crippen molar-refractivity contribution in [1.29, 1.82) is 0 Å².